The van der Waals surface area contributed by atoms with Gasteiger partial charge in [0.15, 0.2) is 0 Å². The van der Waals surface area contributed by atoms with Gasteiger partial charge in [0, 0.05) is 23.8 Å². The molecule has 7 heteroatoms. The first-order valence-electron chi connectivity index (χ1n) is 9.71. The van der Waals surface area contributed by atoms with E-state index in [9.17, 15) is 22.8 Å². The SMILES string of the molecule is N#CC(Cc1ccccc1F)(Cc1ccccc1F)c1nc(-c2cc(F)ccc2F)cs1. The zero-order chi connectivity index (χ0) is 22.7. The Morgan fingerprint density at radius 2 is 1.41 bits per heavy atom. The number of nitriles is 1. The lowest BCUT2D eigenvalue weighted by molar-refractivity contribution is 0.499. The van der Waals surface area contributed by atoms with E-state index < -0.39 is 28.7 Å². The molecule has 0 radical (unpaired) electrons. The molecule has 0 saturated heterocycles. The molecule has 160 valence electrons. The first-order chi connectivity index (χ1) is 15.4. The van der Waals surface area contributed by atoms with Crippen LogP contribution in [0.15, 0.2) is 72.1 Å². The van der Waals surface area contributed by atoms with E-state index in [2.05, 4.69) is 11.1 Å². The van der Waals surface area contributed by atoms with Crippen LogP contribution in [0.5, 0.6) is 0 Å². The standard InChI is InChI=1S/C25H16F4N2S/c26-18-9-10-22(29)19(11-18)23-14-32-24(31-23)25(15-30,12-16-5-1-3-7-20(16)27)13-17-6-2-4-8-21(17)28/h1-11,14H,12-13H2. The van der Waals surface area contributed by atoms with Crippen molar-refractivity contribution in [3.8, 4) is 17.3 Å². The van der Waals surface area contributed by atoms with Gasteiger partial charge in [-0.3, -0.25) is 0 Å². The summed E-state index contributed by atoms with van der Waals surface area (Å²) in [5.41, 5.74) is -0.755. The lowest BCUT2D eigenvalue weighted by Gasteiger charge is -2.25. The fraction of sp³-hybridized carbons (Fsp3) is 0.120. The molecule has 0 unspecified atom stereocenters. The van der Waals surface area contributed by atoms with E-state index in [1.165, 1.54) is 29.6 Å². The van der Waals surface area contributed by atoms with Gasteiger partial charge in [0.2, 0.25) is 0 Å². The molecule has 0 N–H and O–H groups in total. The third-order valence-corrected chi connectivity index (χ3v) is 6.28. The Morgan fingerprint density at radius 1 is 0.812 bits per heavy atom. The zero-order valence-corrected chi connectivity index (χ0v) is 17.5. The Labute approximate surface area is 186 Å². The normalized spacial score (nSPS) is 11.3. The van der Waals surface area contributed by atoms with Gasteiger partial charge < -0.3 is 0 Å². The van der Waals surface area contributed by atoms with Gasteiger partial charge >= 0.3 is 0 Å². The van der Waals surface area contributed by atoms with Crippen LogP contribution >= 0.6 is 11.3 Å². The van der Waals surface area contributed by atoms with Gasteiger partial charge in [0.25, 0.3) is 0 Å². The molecule has 4 aromatic rings. The molecular formula is C25H16F4N2S. The van der Waals surface area contributed by atoms with Crippen LogP contribution in [0.4, 0.5) is 17.6 Å². The maximum Gasteiger partial charge on any atom is 0.132 e. The number of hydrogen-bond acceptors (Lipinski definition) is 3. The number of halogens is 4. The molecule has 0 atom stereocenters. The highest BCUT2D eigenvalue weighted by Gasteiger charge is 2.38. The summed E-state index contributed by atoms with van der Waals surface area (Å²) in [4.78, 5) is 4.42. The minimum Gasteiger partial charge on any atom is -0.239 e. The molecule has 1 aromatic heterocycles. The van der Waals surface area contributed by atoms with Gasteiger partial charge in [-0.1, -0.05) is 36.4 Å². The molecule has 3 aromatic carbocycles. The number of thiazole rings is 1. The van der Waals surface area contributed by atoms with Crippen LogP contribution in [-0.2, 0) is 18.3 Å². The maximum atomic E-state index is 14.5. The Balaban J connectivity index is 1.83. The zero-order valence-electron chi connectivity index (χ0n) is 16.7. The highest BCUT2D eigenvalue weighted by atomic mass is 32.1. The smallest absolute Gasteiger partial charge is 0.132 e. The third-order valence-electron chi connectivity index (χ3n) is 5.23. The van der Waals surface area contributed by atoms with Crippen molar-refractivity contribution in [1.29, 1.82) is 5.26 Å². The van der Waals surface area contributed by atoms with Crippen molar-refractivity contribution < 1.29 is 17.6 Å². The van der Waals surface area contributed by atoms with Crippen LogP contribution in [0.2, 0.25) is 0 Å². The minimum atomic E-state index is -1.42. The van der Waals surface area contributed by atoms with Crippen molar-refractivity contribution in [3.05, 3.63) is 112 Å². The van der Waals surface area contributed by atoms with Crippen molar-refractivity contribution in [2.45, 2.75) is 18.3 Å². The molecule has 4 rings (SSSR count). The summed E-state index contributed by atoms with van der Waals surface area (Å²) >= 11 is 1.07. The quantitative estimate of drug-likeness (QED) is 0.309. The van der Waals surface area contributed by atoms with Crippen LogP contribution in [0.3, 0.4) is 0 Å². The number of aromatic nitrogens is 1. The molecule has 0 amide bonds. The average molecular weight is 452 g/mol. The van der Waals surface area contributed by atoms with Gasteiger partial charge in [0.1, 0.15) is 33.7 Å². The molecular weight excluding hydrogens is 436 g/mol. The number of rotatable bonds is 6. The molecule has 0 bridgehead atoms. The molecule has 0 aliphatic rings. The first kappa shape index (κ1) is 21.7. The average Bonchev–Trinajstić information content (AvgIpc) is 3.28. The predicted molar refractivity (Wildman–Crippen MR) is 115 cm³/mol. The second-order valence-corrected chi connectivity index (χ2v) is 8.25. The van der Waals surface area contributed by atoms with Gasteiger partial charge in [-0.15, -0.1) is 11.3 Å². The van der Waals surface area contributed by atoms with Gasteiger partial charge in [-0.05, 0) is 41.5 Å². The summed E-state index contributed by atoms with van der Waals surface area (Å²) in [6.07, 6.45) is -0.133. The highest BCUT2D eigenvalue weighted by Crippen LogP contribution is 2.37. The van der Waals surface area contributed by atoms with E-state index in [4.69, 9.17) is 0 Å². The van der Waals surface area contributed by atoms with Crippen LogP contribution < -0.4 is 0 Å². The summed E-state index contributed by atoms with van der Waals surface area (Å²) in [5.74, 6) is -2.27. The summed E-state index contributed by atoms with van der Waals surface area (Å²) in [7, 11) is 0. The van der Waals surface area contributed by atoms with Crippen molar-refractivity contribution in [2.75, 3.05) is 0 Å². The molecule has 1 heterocycles. The van der Waals surface area contributed by atoms with E-state index in [1.54, 1.807) is 24.3 Å². The first-order valence-corrected chi connectivity index (χ1v) is 10.6. The van der Waals surface area contributed by atoms with E-state index in [0.29, 0.717) is 0 Å². The summed E-state index contributed by atoms with van der Waals surface area (Å²) < 4.78 is 56.9. The Morgan fingerprint density at radius 3 is 1.97 bits per heavy atom. The van der Waals surface area contributed by atoms with Crippen molar-refractivity contribution >= 4 is 11.3 Å². The molecule has 0 fully saturated rings. The summed E-state index contributed by atoms with van der Waals surface area (Å²) in [5, 5.41) is 12.0. The summed E-state index contributed by atoms with van der Waals surface area (Å²) in [6.45, 7) is 0. The van der Waals surface area contributed by atoms with Gasteiger partial charge in [-0.25, -0.2) is 22.5 Å². The van der Waals surface area contributed by atoms with Gasteiger partial charge in [-0.2, -0.15) is 5.26 Å². The van der Waals surface area contributed by atoms with Crippen molar-refractivity contribution in [2.24, 2.45) is 0 Å². The second-order valence-electron chi connectivity index (χ2n) is 7.39. The van der Waals surface area contributed by atoms with Crippen molar-refractivity contribution in [3.63, 3.8) is 0 Å². The molecule has 0 saturated carbocycles. The fourth-order valence-electron chi connectivity index (χ4n) is 3.59. The van der Waals surface area contributed by atoms with Crippen LogP contribution in [-0.4, -0.2) is 4.98 Å². The third kappa shape index (κ3) is 4.27. The Hall–Kier alpha value is -3.50. The molecule has 0 aliphatic carbocycles. The van der Waals surface area contributed by atoms with E-state index in [0.717, 1.165) is 29.5 Å². The van der Waals surface area contributed by atoms with Crippen molar-refractivity contribution in [1.82, 2.24) is 4.98 Å². The van der Waals surface area contributed by atoms with E-state index in [-0.39, 0.29) is 40.2 Å². The largest absolute Gasteiger partial charge is 0.239 e. The van der Waals surface area contributed by atoms with E-state index >= 15 is 0 Å². The van der Waals surface area contributed by atoms with E-state index in [1.807, 2.05) is 0 Å². The Kier molecular flexibility index (Phi) is 6.06. The lowest BCUT2D eigenvalue weighted by atomic mass is 9.78. The molecule has 0 aliphatic heterocycles. The minimum absolute atomic E-state index is 0.0453. The number of hydrogen-bond donors (Lipinski definition) is 0. The van der Waals surface area contributed by atoms with Crippen LogP contribution in [0, 0.1) is 34.6 Å². The highest BCUT2D eigenvalue weighted by molar-refractivity contribution is 7.10. The second kappa shape index (κ2) is 8.93. The topological polar surface area (TPSA) is 36.7 Å². The molecule has 0 spiro atoms. The fourth-order valence-corrected chi connectivity index (χ4v) is 4.55. The van der Waals surface area contributed by atoms with Gasteiger partial charge in [0.05, 0.1) is 11.8 Å². The number of nitrogens with zero attached hydrogens (tertiary/aromatic N) is 2. The monoisotopic (exact) mass is 452 g/mol. The van der Waals surface area contributed by atoms with Crippen LogP contribution in [0.1, 0.15) is 16.1 Å². The molecule has 2 nitrogen and oxygen atoms in total. The maximum absolute atomic E-state index is 14.5. The predicted octanol–water partition coefficient (Wildman–Crippen LogP) is 6.61. The Bertz CT molecular complexity index is 1260. The lowest BCUT2D eigenvalue weighted by Crippen LogP contribution is -2.31. The van der Waals surface area contributed by atoms with Crippen LogP contribution in [0.25, 0.3) is 11.3 Å². The molecule has 32 heavy (non-hydrogen) atoms. The number of benzene rings is 3. The summed E-state index contributed by atoms with van der Waals surface area (Å²) in [6, 6.07) is 17.3.